The van der Waals surface area contributed by atoms with Crippen molar-refractivity contribution in [2.24, 2.45) is 5.73 Å². The van der Waals surface area contributed by atoms with E-state index in [9.17, 15) is 13.6 Å². The van der Waals surface area contributed by atoms with Gasteiger partial charge < -0.3 is 10.8 Å². The molecule has 0 saturated heterocycles. The van der Waals surface area contributed by atoms with E-state index < -0.39 is 29.7 Å². The fraction of sp³-hybridized carbons (Fsp3) is 0.0833. The van der Waals surface area contributed by atoms with Gasteiger partial charge in [-0.3, -0.25) is 4.79 Å². The average Bonchev–Trinajstić information content (AvgIpc) is 2.39. The molecular weight excluding hydrogens is 256 g/mol. The first-order chi connectivity index (χ1) is 9.04. The van der Waals surface area contributed by atoms with Crippen LogP contribution in [0.1, 0.15) is 16.2 Å². The quantitative estimate of drug-likeness (QED) is 0.866. The van der Waals surface area contributed by atoms with Crippen molar-refractivity contribution in [1.29, 1.82) is 0 Å². The normalized spacial score (nSPS) is 10.5. The molecule has 1 heterocycles. The smallest absolute Gasteiger partial charge is 0.286 e. The third kappa shape index (κ3) is 2.41. The van der Waals surface area contributed by atoms with E-state index in [1.165, 1.54) is 12.3 Å². The lowest BCUT2D eigenvalue weighted by atomic mass is 10.1. The fourth-order valence-corrected chi connectivity index (χ4v) is 1.57. The Bertz CT molecular complexity index is 647. The van der Waals surface area contributed by atoms with Crippen LogP contribution in [-0.2, 0) is 6.61 Å². The Hall–Kier alpha value is -2.41. The number of aromatic nitrogens is 2. The zero-order chi connectivity index (χ0) is 14.0. The average molecular weight is 265 g/mol. The third-order valence-corrected chi connectivity index (χ3v) is 2.50. The highest BCUT2D eigenvalue weighted by molar-refractivity contribution is 5.89. The molecule has 0 unspecified atom stereocenters. The summed E-state index contributed by atoms with van der Waals surface area (Å²) < 4.78 is 27.2. The number of amides is 1. The SMILES string of the molecule is NC(=O)c1nccc(-c2ccc(F)c(CO)c2F)n1. The van der Waals surface area contributed by atoms with Gasteiger partial charge in [0.2, 0.25) is 5.82 Å². The molecule has 7 heteroatoms. The first kappa shape index (κ1) is 13.0. The summed E-state index contributed by atoms with van der Waals surface area (Å²) in [6.07, 6.45) is 1.24. The molecule has 2 aromatic rings. The van der Waals surface area contributed by atoms with E-state index in [0.29, 0.717) is 0 Å². The maximum Gasteiger partial charge on any atom is 0.286 e. The topological polar surface area (TPSA) is 89.1 Å². The van der Waals surface area contributed by atoms with Gasteiger partial charge in [0, 0.05) is 17.3 Å². The minimum absolute atomic E-state index is 0.0460. The van der Waals surface area contributed by atoms with E-state index in [-0.39, 0.29) is 17.1 Å². The molecule has 2 rings (SSSR count). The van der Waals surface area contributed by atoms with Gasteiger partial charge in [0.05, 0.1) is 12.3 Å². The molecule has 1 aromatic heterocycles. The Kier molecular flexibility index (Phi) is 3.48. The van der Waals surface area contributed by atoms with Crippen LogP contribution >= 0.6 is 0 Å². The standard InChI is InChI=1S/C12H9F2N3O2/c13-8-2-1-6(10(14)7(8)5-18)9-3-4-16-12(17-9)11(15)19/h1-4,18H,5H2,(H2,15,19). The number of aliphatic hydroxyl groups is 1. The van der Waals surface area contributed by atoms with Gasteiger partial charge >= 0.3 is 0 Å². The predicted octanol–water partition coefficient (Wildman–Crippen LogP) is 1.01. The summed E-state index contributed by atoms with van der Waals surface area (Å²) in [5.74, 6) is -2.91. The van der Waals surface area contributed by atoms with Gasteiger partial charge in [-0.25, -0.2) is 18.7 Å². The predicted molar refractivity (Wildman–Crippen MR) is 61.8 cm³/mol. The highest BCUT2D eigenvalue weighted by Crippen LogP contribution is 2.25. The lowest BCUT2D eigenvalue weighted by Crippen LogP contribution is -2.15. The van der Waals surface area contributed by atoms with Crippen LogP contribution in [0.4, 0.5) is 8.78 Å². The van der Waals surface area contributed by atoms with E-state index >= 15 is 0 Å². The lowest BCUT2D eigenvalue weighted by Gasteiger charge is -2.07. The number of nitrogens with two attached hydrogens (primary N) is 1. The van der Waals surface area contributed by atoms with Gasteiger partial charge in [0.25, 0.3) is 5.91 Å². The van der Waals surface area contributed by atoms with E-state index in [2.05, 4.69) is 9.97 Å². The Morgan fingerprint density at radius 2 is 2.05 bits per heavy atom. The van der Waals surface area contributed by atoms with Crippen LogP contribution in [0.15, 0.2) is 24.4 Å². The Labute approximate surface area is 106 Å². The first-order valence-corrected chi connectivity index (χ1v) is 5.25. The lowest BCUT2D eigenvalue weighted by molar-refractivity contribution is 0.0990. The van der Waals surface area contributed by atoms with Crippen LogP contribution in [0.2, 0.25) is 0 Å². The summed E-state index contributed by atoms with van der Waals surface area (Å²) in [4.78, 5) is 18.4. The summed E-state index contributed by atoms with van der Waals surface area (Å²) in [6.45, 7) is -0.779. The van der Waals surface area contributed by atoms with Crippen LogP contribution in [0.5, 0.6) is 0 Å². The summed E-state index contributed by atoms with van der Waals surface area (Å²) in [6, 6.07) is 3.52. The van der Waals surface area contributed by atoms with Crippen molar-refractivity contribution < 1.29 is 18.7 Å². The van der Waals surface area contributed by atoms with Crippen molar-refractivity contribution in [1.82, 2.24) is 9.97 Å². The zero-order valence-electron chi connectivity index (χ0n) is 9.60. The Morgan fingerprint density at radius 3 is 2.68 bits per heavy atom. The molecule has 0 saturated carbocycles. The Morgan fingerprint density at radius 1 is 1.32 bits per heavy atom. The Balaban J connectivity index is 2.59. The molecule has 98 valence electrons. The molecule has 0 radical (unpaired) electrons. The molecule has 3 N–H and O–H groups in total. The highest BCUT2D eigenvalue weighted by atomic mass is 19.1. The highest BCUT2D eigenvalue weighted by Gasteiger charge is 2.16. The number of nitrogens with zero attached hydrogens (tertiary/aromatic N) is 2. The molecular formula is C12H9F2N3O2. The van der Waals surface area contributed by atoms with Crippen LogP contribution in [0, 0.1) is 11.6 Å². The summed E-state index contributed by atoms with van der Waals surface area (Å²) in [5.41, 5.74) is 4.59. The first-order valence-electron chi connectivity index (χ1n) is 5.25. The summed E-state index contributed by atoms with van der Waals surface area (Å²) in [5, 5.41) is 8.93. The van der Waals surface area contributed by atoms with E-state index in [0.717, 1.165) is 12.1 Å². The van der Waals surface area contributed by atoms with Crippen LogP contribution in [0.3, 0.4) is 0 Å². The molecule has 0 atom stereocenters. The minimum atomic E-state index is -0.934. The number of rotatable bonds is 3. The number of primary amides is 1. The van der Waals surface area contributed by atoms with Crippen molar-refractivity contribution >= 4 is 5.91 Å². The van der Waals surface area contributed by atoms with Gasteiger partial charge in [-0.15, -0.1) is 0 Å². The monoisotopic (exact) mass is 265 g/mol. The summed E-state index contributed by atoms with van der Waals surface area (Å²) in [7, 11) is 0. The van der Waals surface area contributed by atoms with Gasteiger partial charge in [0.1, 0.15) is 11.6 Å². The van der Waals surface area contributed by atoms with Crippen molar-refractivity contribution in [3.05, 3.63) is 47.4 Å². The molecule has 5 nitrogen and oxygen atoms in total. The summed E-state index contributed by atoms with van der Waals surface area (Å²) >= 11 is 0. The van der Waals surface area contributed by atoms with Crippen molar-refractivity contribution in [3.63, 3.8) is 0 Å². The number of benzene rings is 1. The molecule has 1 amide bonds. The third-order valence-electron chi connectivity index (χ3n) is 2.50. The number of hydrogen-bond acceptors (Lipinski definition) is 4. The minimum Gasteiger partial charge on any atom is -0.391 e. The van der Waals surface area contributed by atoms with Gasteiger partial charge in [-0.1, -0.05) is 0 Å². The van der Waals surface area contributed by atoms with Gasteiger partial charge in [-0.05, 0) is 18.2 Å². The maximum absolute atomic E-state index is 14.0. The molecule has 0 bridgehead atoms. The molecule has 0 aliphatic carbocycles. The fourth-order valence-electron chi connectivity index (χ4n) is 1.57. The van der Waals surface area contributed by atoms with Gasteiger partial charge in [-0.2, -0.15) is 0 Å². The maximum atomic E-state index is 14.0. The van der Waals surface area contributed by atoms with E-state index in [1.54, 1.807) is 0 Å². The van der Waals surface area contributed by atoms with Crippen molar-refractivity contribution in [3.8, 4) is 11.3 Å². The van der Waals surface area contributed by atoms with Crippen molar-refractivity contribution in [2.75, 3.05) is 0 Å². The number of hydrogen-bond donors (Lipinski definition) is 2. The second-order valence-corrected chi connectivity index (χ2v) is 3.68. The number of carbonyl (C=O) groups is 1. The number of carbonyl (C=O) groups excluding carboxylic acids is 1. The molecule has 0 aliphatic heterocycles. The van der Waals surface area contributed by atoms with Gasteiger partial charge in [0.15, 0.2) is 0 Å². The number of aliphatic hydroxyl groups excluding tert-OH is 1. The second kappa shape index (κ2) is 5.07. The van der Waals surface area contributed by atoms with Crippen LogP contribution in [-0.4, -0.2) is 21.0 Å². The van der Waals surface area contributed by atoms with Crippen molar-refractivity contribution in [2.45, 2.75) is 6.61 Å². The van der Waals surface area contributed by atoms with Crippen LogP contribution in [0.25, 0.3) is 11.3 Å². The van der Waals surface area contributed by atoms with Crippen LogP contribution < -0.4 is 5.73 Å². The number of halogens is 2. The molecule has 0 fully saturated rings. The molecule has 0 aliphatic rings. The second-order valence-electron chi connectivity index (χ2n) is 3.68. The van der Waals surface area contributed by atoms with E-state index in [4.69, 9.17) is 10.8 Å². The molecule has 0 spiro atoms. The molecule has 19 heavy (non-hydrogen) atoms. The zero-order valence-corrected chi connectivity index (χ0v) is 9.60. The van der Waals surface area contributed by atoms with E-state index in [1.807, 2.05) is 0 Å². The largest absolute Gasteiger partial charge is 0.391 e. The molecule has 1 aromatic carbocycles.